The number of hydrogen-bond donors (Lipinski definition) is 3. The Labute approximate surface area is 131 Å². The summed E-state index contributed by atoms with van der Waals surface area (Å²) >= 11 is 1.88. The Morgan fingerprint density at radius 2 is 2.10 bits per heavy atom. The third-order valence-electron chi connectivity index (χ3n) is 4.24. The van der Waals surface area contributed by atoms with Crippen molar-refractivity contribution < 1.29 is 14.7 Å². The number of rotatable bonds is 9. The lowest BCUT2D eigenvalue weighted by atomic mass is 9.97. The SMILES string of the molecule is CCC(CCNC(=O)NC1CCC(SC)C1)CCC(=O)O. The van der Waals surface area contributed by atoms with Crippen LogP contribution >= 0.6 is 11.8 Å². The largest absolute Gasteiger partial charge is 0.481 e. The van der Waals surface area contributed by atoms with Gasteiger partial charge in [0, 0.05) is 24.3 Å². The molecule has 6 heteroatoms. The first-order valence-electron chi connectivity index (χ1n) is 7.84. The smallest absolute Gasteiger partial charge is 0.315 e. The minimum Gasteiger partial charge on any atom is -0.481 e. The number of thioether (sulfide) groups is 1. The van der Waals surface area contributed by atoms with E-state index in [4.69, 9.17) is 5.11 Å². The highest BCUT2D eigenvalue weighted by Crippen LogP contribution is 2.27. The molecular formula is C15H28N2O3S. The fourth-order valence-electron chi connectivity index (χ4n) is 2.79. The molecule has 122 valence electrons. The van der Waals surface area contributed by atoms with E-state index in [1.54, 1.807) is 0 Å². The Hall–Kier alpha value is -0.910. The van der Waals surface area contributed by atoms with Crippen LogP contribution in [0.3, 0.4) is 0 Å². The maximum Gasteiger partial charge on any atom is 0.315 e. The molecule has 3 atom stereocenters. The van der Waals surface area contributed by atoms with Crippen molar-refractivity contribution in [1.82, 2.24) is 10.6 Å². The summed E-state index contributed by atoms with van der Waals surface area (Å²) in [6, 6.07) is 0.214. The summed E-state index contributed by atoms with van der Waals surface area (Å²) in [7, 11) is 0. The zero-order chi connectivity index (χ0) is 15.7. The zero-order valence-corrected chi connectivity index (χ0v) is 13.9. The van der Waals surface area contributed by atoms with Crippen LogP contribution in [0.2, 0.25) is 0 Å². The molecule has 0 bridgehead atoms. The Kier molecular flexibility index (Phi) is 8.57. The van der Waals surface area contributed by atoms with Gasteiger partial charge >= 0.3 is 12.0 Å². The van der Waals surface area contributed by atoms with E-state index in [2.05, 4.69) is 23.8 Å². The molecule has 0 aliphatic heterocycles. The van der Waals surface area contributed by atoms with Crippen molar-refractivity contribution in [1.29, 1.82) is 0 Å². The standard InChI is InChI=1S/C15H28N2O3S/c1-3-11(4-7-14(18)19)8-9-16-15(20)17-12-5-6-13(10-12)21-2/h11-13H,3-10H2,1-2H3,(H,18,19)(H2,16,17,20). The molecule has 0 spiro atoms. The summed E-state index contributed by atoms with van der Waals surface area (Å²) < 4.78 is 0. The number of urea groups is 1. The molecule has 0 heterocycles. The van der Waals surface area contributed by atoms with Crippen molar-refractivity contribution in [2.75, 3.05) is 12.8 Å². The molecule has 2 amide bonds. The predicted molar refractivity (Wildman–Crippen MR) is 86.7 cm³/mol. The van der Waals surface area contributed by atoms with Crippen LogP contribution in [0.15, 0.2) is 0 Å². The molecule has 3 N–H and O–H groups in total. The highest BCUT2D eigenvalue weighted by Gasteiger charge is 2.24. The number of nitrogens with one attached hydrogen (secondary N) is 2. The van der Waals surface area contributed by atoms with Crippen LogP contribution in [0.5, 0.6) is 0 Å². The Morgan fingerprint density at radius 3 is 2.67 bits per heavy atom. The maximum atomic E-state index is 11.8. The first-order chi connectivity index (χ1) is 10.0. The number of carbonyl (C=O) groups excluding carboxylic acids is 1. The van der Waals surface area contributed by atoms with Gasteiger partial charge in [-0.2, -0.15) is 11.8 Å². The minimum absolute atomic E-state index is 0.0881. The van der Waals surface area contributed by atoms with Crippen molar-refractivity contribution in [2.45, 2.75) is 63.2 Å². The van der Waals surface area contributed by atoms with Crippen LogP contribution in [0.25, 0.3) is 0 Å². The number of hydrogen-bond acceptors (Lipinski definition) is 3. The summed E-state index contributed by atoms with van der Waals surface area (Å²) in [5.74, 6) is -0.377. The average Bonchev–Trinajstić information content (AvgIpc) is 2.89. The van der Waals surface area contributed by atoms with Gasteiger partial charge < -0.3 is 15.7 Å². The van der Waals surface area contributed by atoms with Gasteiger partial charge in [-0.25, -0.2) is 4.79 Å². The molecule has 1 aliphatic carbocycles. The first-order valence-corrected chi connectivity index (χ1v) is 9.12. The molecule has 0 aromatic heterocycles. The summed E-state index contributed by atoms with van der Waals surface area (Å²) in [5.41, 5.74) is 0. The van der Waals surface area contributed by atoms with E-state index < -0.39 is 5.97 Å². The Morgan fingerprint density at radius 1 is 1.33 bits per heavy atom. The fraction of sp³-hybridized carbons (Fsp3) is 0.867. The van der Waals surface area contributed by atoms with E-state index in [0.717, 1.165) is 25.7 Å². The van der Waals surface area contributed by atoms with Gasteiger partial charge in [-0.1, -0.05) is 13.3 Å². The lowest BCUT2D eigenvalue weighted by molar-refractivity contribution is -0.137. The monoisotopic (exact) mass is 316 g/mol. The van der Waals surface area contributed by atoms with E-state index in [-0.39, 0.29) is 12.5 Å². The second kappa shape index (κ2) is 9.92. The highest BCUT2D eigenvalue weighted by molar-refractivity contribution is 7.99. The molecule has 5 nitrogen and oxygen atoms in total. The van der Waals surface area contributed by atoms with Crippen LogP contribution in [0, 0.1) is 5.92 Å². The highest BCUT2D eigenvalue weighted by atomic mass is 32.2. The molecule has 1 saturated carbocycles. The molecule has 0 radical (unpaired) electrons. The number of carbonyl (C=O) groups is 2. The maximum absolute atomic E-state index is 11.8. The number of aliphatic carboxylic acids is 1. The molecule has 0 aromatic rings. The van der Waals surface area contributed by atoms with Gasteiger partial charge in [0.2, 0.25) is 0 Å². The third-order valence-corrected chi connectivity index (χ3v) is 5.33. The number of amides is 2. The average molecular weight is 316 g/mol. The molecule has 0 saturated heterocycles. The summed E-state index contributed by atoms with van der Waals surface area (Å²) in [4.78, 5) is 22.4. The summed E-state index contributed by atoms with van der Waals surface area (Å²) in [6.45, 7) is 2.68. The topological polar surface area (TPSA) is 78.4 Å². The van der Waals surface area contributed by atoms with Crippen molar-refractivity contribution >= 4 is 23.8 Å². The summed E-state index contributed by atoms with van der Waals surface area (Å²) in [5, 5.41) is 15.3. The summed E-state index contributed by atoms with van der Waals surface area (Å²) in [6.07, 6.45) is 8.12. The number of carboxylic acid groups (broad SMARTS) is 1. The van der Waals surface area contributed by atoms with E-state index in [1.807, 2.05) is 11.8 Å². The molecule has 21 heavy (non-hydrogen) atoms. The predicted octanol–water partition coefficient (Wildman–Crippen LogP) is 2.85. The Bertz CT molecular complexity index is 339. The van der Waals surface area contributed by atoms with Gasteiger partial charge in [0.1, 0.15) is 0 Å². The van der Waals surface area contributed by atoms with Crippen molar-refractivity contribution in [3.05, 3.63) is 0 Å². The number of carboxylic acids is 1. The van der Waals surface area contributed by atoms with E-state index in [0.29, 0.717) is 30.2 Å². The third kappa shape index (κ3) is 7.60. The molecule has 0 aromatic carbocycles. The molecule has 1 rings (SSSR count). The molecule has 1 aliphatic rings. The minimum atomic E-state index is -0.747. The lowest BCUT2D eigenvalue weighted by Crippen LogP contribution is -2.41. The van der Waals surface area contributed by atoms with Crippen LogP contribution in [-0.2, 0) is 4.79 Å². The van der Waals surface area contributed by atoms with Gasteiger partial charge in [-0.3, -0.25) is 4.79 Å². The fourth-order valence-corrected chi connectivity index (χ4v) is 3.59. The zero-order valence-electron chi connectivity index (χ0n) is 13.1. The molecular weight excluding hydrogens is 288 g/mol. The van der Waals surface area contributed by atoms with Crippen LogP contribution in [-0.4, -0.2) is 41.2 Å². The van der Waals surface area contributed by atoms with Crippen molar-refractivity contribution in [3.63, 3.8) is 0 Å². The first kappa shape index (κ1) is 18.1. The normalized spacial score (nSPS) is 22.8. The molecule has 3 unspecified atom stereocenters. The quantitative estimate of drug-likeness (QED) is 0.611. The van der Waals surface area contributed by atoms with E-state index >= 15 is 0 Å². The second-order valence-corrected chi connectivity index (χ2v) is 6.90. The van der Waals surface area contributed by atoms with Crippen LogP contribution in [0.1, 0.15) is 51.9 Å². The van der Waals surface area contributed by atoms with Crippen LogP contribution < -0.4 is 10.6 Å². The lowest BCUT2D eigenvalue weighted by Gasteiger charge is -2.16. The van der Waals surface area contributed by atoms with E-state index in [1.165, 1.54) is 6.42 Å². The van der Waals surface area contributed by atoms with Crippen molar-refractivity contribution in [2.24, 2.45) is 5.92 Å². The van der Waals surface area contributed by atoms with E-state index in [9.17, 15) is 9.59 Å². The second-order valence-electron chi connectivity index (χ2n) is 5.76. The van der Waals surface area contributed by atoms with Crippen molar-refractivity contribution in [3.8, 4) is 0 Å². The van der Waals surface area contributed by atoms with Gasteiger partial charge in [-0.05, 0) is 44.3 Å². The van der Waals surface area contributed by atoms with Gasteiger partial charge in [0.15, 0.2) is 0 Å². The van der Waals surface area contributed by atoms with Gasteiger partial charge in [-0.15, -0.1) is 0 Å². The van der Waals surface area contributed by atoms with Gasteiger partial charge in [0.05, 0.1) is 0 Å². The molecule has 1 fully saturated rings. The van der Waals surface area contributed by atoms with Crippen LogP contribution in [0.4, 0.5) is 4.79 Å². The van der Waals surface area contributed by atoms with Gasteiger partial charge in [0.25, 0.3) is 0 Å². The Balaban J connectivity index is 2.13.